The second-order valence-corrected chi connectivity index (χ2v) is 5.64. The first-order valence-corrected chi connectivity index (χ1v) is 7.02. The predicted octanol–water partition coefficient (Wildman–Crippen LogP) is 1.67. The average Bonchev–Trinajstić information content (AvgIpc) is 2.80. The van der Waals surface area contributed by atoms with Gasteiger partial charge in [-0.2, -0.15) is 0 Å². The third-order valence-electron chi connectivity index (χ3n) is 4.12. The zero-order valence-corrected chi connectivity index (χ0v) is 11.4. The second kappa shape index (κ2) is 4.94. The predicted molar refractivity (Wildman–Crippen MR) is 76.3 cm³/mol. The summed E-state index contributed by atoms with van der Waals surface area (Å²) >= 11 is 0. The Hall–Kier alpha value is -1.39. The van der Waals surface area contributed by atoms with Gasteiger partial charge in [-0.15, -0.1) is 0 Å². The van der Waals surface area contributed by atoms with Crippen LogP contribution < -0.4 is 5.32 Å². The van der Waals surface area contributed by atoms with Crippen molar-refractivity contribution in [3.8, 4) is 0 Å². The van der Waals surface area contributed by atoms with E-state index >= 15 is 0 Å². The van der Waals surface area contributed by atoms with E-state index in [1.807, 2.05) is 18.2 Å². The van der Waals surface area contributed by atoms with E-state index < -0.39 is 0 Å². The lowest BCUT2D eigenvalue weighted by molar-refractivity contribution is 0.263. The normalized spacial score (nSPS) is 23.9. The van der Waals surface area contributed by atoms with E-state index in [1.165, 1.54) is 6.42 Å². The zero-order valence-electron chi connectivity index (χ0n) is 11.4. The van der Waals surface area contributed by atoms with Crippen LogP contribution in [0.4, 0.5) is 0 Å². The molecule has 0 saturated carbocycles. The van der Waals surface area contributed by atoms with Gasteiger partial charge in [0, 0.05) is 18.5 Å². The molecule has 1 aliphatic heterocycles. The quantitative estimate of drug-likeness (QED) is 0.881. The van der Waals surface area contributed by atoms with Gasteiger partial charge in [0.25, 0.3) is 0 Å². The van der Waals surface area contributed by atoms with Crippen LogP contribution in [0.25, 0.3) is 11.0 Å². The molecule has 1 saturated heterocycles. The summed E-state index contributed by atoms with van der Waals surface area (Å²) in [6, 6.07) is 8.18. The molecule has 2 aromatic rings. The number of para-hydroxylation sites is 2. The Kier molecular flexibility index (Phi) is 3.29. The molecule has 2 N–H and O–H groups in total. The number of aliphatic hydroxyl groups is 1. The van der Waals surface area contributed by atoms with Gasteiger partial charge in [0.15, 0.2) is 0 Å². The number of nitrogens with zero attached hydrogens (tertiary/aromatic N) is 2. The van der Waals surface area contributed by atoms with Crippen LogP contribution in [-0.2, 0) is 12.0 Å². The number of fused-ring (bicyclic) bond motifs is 1. The summed E-state index contributed by atoms with van der Waals surface area (Å²) in [4.78, 5) is 4.84. The number of piperidine rings is 1. The third-order valence-corrected chi connectivity index (χ3v) is 4.12. The van der Waals surface area contributed by atoms with Crippen LogP contribution in [-0.4, -0.2) is 34.4 Å². The maximum Gasteiger partial charge on any atom is 0.117 e. The summed E-state index contributed by atoms with van der Waals surface area (Å²) in [5.41, 5.74) is 2.21. The molecule has 3 rings (SSSR count). The Bertz CT molecular complexity index is 570. The molecule has 102 valence electrons. The van der Waals surface area contributed by atoms with Crippen LogP contribution in [0, 0.1) is 0 Å². The summed E-state index contributed by atoms with van der Waals surface area (Å²) < 4.78 is 2.18. The Morgan fingerprint density at radius 1 is 1.42 bits per heavy atom. The molecule has 1 aromatic carbocycles. The van der Waals surface area contributed by atoms with Gasteiger partial charge in [-0.1, -0.05) is 19.1 Å². The number of aromatic nitrogens is 2. The molecule has 0 bridgehead atoms. The van der Waals surface area contributed by atoms with Gasteiger partial charge >= 0.3 is 0 Å². The highest BCUT2D eigenvalue weighted by atomic mass is 16.3. The van der Waals surface area contributed by atoms with Crippen molar-refractivity contribution < 1.29 is 5.11 Å². The minimum Gasteiger partial charge on any atom is -0.395 e. The zero-order chi connectivity index (χ0) is 13.3. The number of rotatable bonds is 3. The fourth-order valence-corrected chi connectivity index (χ4v) is 3.11. The van der Waals surface area contributed by atoms with Gasteiger partial charge in [0.1, 0.15) is 5.82 Å². The van der Waals surface area contributed by atoms with Gasteiger partial charge in [0.2, 0.25) is 0 Å². The SMILES string of the molecule is CC1(c2nc3ccccc3n2CCO)CCCNC1. The minimum absolute atomic E-state index is 0.0619. The first-order chi connectivity index (χ1) is 9.24. The fourth-order valence-electron chi connectivity index (χ4n) is 3.11. The fraction of sp³-hybridized carbons (Fsp3) is 0.533. The molecule has 1 aliphatic rings. The van der Waals surface area contributed by atoms with E-state index in [1.54, 1.807) is 0 Å². The summed E-state index contributed by atoms with van der Waals surface area (Å²) in [7, 11) is 0. The lowest BCUT2D eigenvalue weighted by atomic mass is 9.82. The van der Waals surface area contributed by atoms with Gasteiger partial charge in [0.05, 0.1) is 17.6 Å². The van der Waals surface area contributed by atoms with Crippen molar-refractivity contribution in [1.82, 2.24) is 14.9 Å². The van der Waals surface area contributed by atoms with E-state index in [4.69, 9.17) is 4.98 Å². The monoisotopic (exact) mass is 259 g/mol. The van der Waals surface area contributed by atoms with E-state index in [9.17, 15) is 5.11 Å². The molecule has 1 atom stereocenters. The van der Waals surface area contributed by atoms with Gasteiger partial charge in [-0.05, 0) is 31.5 Å². The molecular formula is C15H21N3O. The molecule has 2 heterocycles. The number of hydrogen-bond donors (Lipinski definition) is 2. The Balaban J connectivity index is 2.13. The van der Waals surface area contributed by atoms with Crippen molar-refractivity contribution in [3.63, 3.8) is 0 Å². The lowest BCUT2D eigenvalue weighted by Crippen LogP contribution is -2.43. The average molecular weight is 259 g/mol. The molecule has 0 aliphatic carbocycles. The van der Waals surface area contributed by atoms with E-state index in [2.05, 4.69) is 22.9 Å². The highest BCUT2D eigenvalue weighted by Gasteiger charge is 2.33. The van der Waals surface area contributed by atoms with Crippen molar-refractivity contribution in [2.45, 2.75) is 31.7 Å². The van der Waals surface area contributed by atoms with E-state index in [-0.39, 0.29) is 12.0 Å². The first kappa shape index (κ1) is 12.6. The highest BCUT2D eigenvalue weighted by Crippen LogP contribution is 2.32. The van der Waals surface area contributed by atoms with Crippen molar-refractivity contribution in [3.05, 3.63) is 30.1 Å². The maximum atomic E-state index is 9.34. The number of benzene rings is 1. The second-order valence-electron chi connectivity index (χ2n) is 5.64. The number of imidazole rings is 1. The number of aliphatic hydroxyl groups excluding tert-OH is 1. The van der Waals surface area contributed by atoms with E-state index in [0.29, 0.717) is 6.54 Å². The van der Waals surface area contributed by atoms with Gasteiger partial charge in [-0.25, -0.2) is 4.98 Å². The largest absolute Gasteiger partial charge is 0.395 e. The first-order valence-electron chi connectivity index (χ1n) is 7.02. The molecule has 1 fully saturated rings. The Labute approximate surface area is 113 Å². The summed E-state index contributed by atoms with van der Waals surface area (Å²) in [6.07, 6.45) is 2.33. The van der Waals surface area contributed by atoms with Crippen LogP contribution in [0.5, 0.6) is 0 Å². The molecule has 0 radical (unpaired) electrons. The smallest absolute Gasteiger partial charge is 0.117 e. The van der Waals surface area contributed by atoms with Gasteiger partial charge in [-0.3, -0.25) is 0 Å². The van der Waals surface area contributed by atoms with Gasteiger partial charge < -0.3 is 15.0 Å². The molecule has 4 nitrogen and oxygen atoms in total. The van der Waals surface area contributed by atoms with Crippen molar-refractivity contribution in [2.75, 3.05) is 19.7 Å². The lowest BCUT2D eigenvalue weighted by Gasteiger charge is -2.34. The van der Waals surface area contributed by atoms with Crippen LogP contribution in [0.3, 0.4) is 0 Å². The summed E-state index contributed by atoms with van der Waals surface area (Å²) in [5.74, 6) is 1.11. The Morgan fingerprint density at radius 2 is 2.26 bits per heavy atom. The number of hydrogen-bond acceptors (Lipinski definition) is 3. The molecule has 4 heteroatoms. The van der Waals surface area contributed by atoms with E-state index in [0.717, 1.165) is 36.4 Å². The minimum atomic E-state index is 0.0619. The highest BCUT2D eigenvalue weighted by molar-refractivity contribution is 5.76. The third kappa shape index (κ3) is 2.15. The van der Waals surface area contributed by atoms with Crippen LogP contribution in [0.1, 0.15) is 25.6 Å². The molecule has 0 amide bonds. The van der Waals surface area contributed by atoms with Crippen LogP contribution in [0.2, 0.25) is 0 Å². The molecule has 1 unspecified atom stereocenters. The van der Waals surface area contributed by atoms with Crippen molar-refractivity contribution in [1.29, 1.82) is 0 Å². The Morgan fingerprint density at radius 3 is 3.00 bits per heavy atom. The topological polar surface area (TPSA) is 50.1 Å². The molecule has 0 spiro atoms. The van der Waals surface area contributed by atoms with Crippen molar-refractivity contribution in [2.24, 2.45) is 0 Å². The maximum absolute atomic E-state index is 9.34. The standard InChI is InChI=1S/C15H21N3O/c1-15(7-4-8-16-11-15)14-17-12-5-2-3-6-13(12)18(14)9-10-19/h2-3,5-6,16,19H,4,7-11H2,1H3. The number of nitrogens with one attached hydrogen (secondary N) is 1. The summed E-state index contributed by atoms with van der Waals surface area (Å²) in [5, 5.41) is 12.8. The van der Waals surface area contributed by atoms with Crippen LogP contribution >= 0.6 is 0 Å². The van der Waals surface area contributed by atoms with Crippen molar-refractivity contribution >= 4 is 11.0 Å². The summed E-state index contributed by atoms with van der Waals surface area (Å²) in [6.45, 7) is 5.09. The molecule has 19 heavy (non-hydrogen) atoms. The molecular weight excluding hydrogens is 238 g/mol. The van der Waals surface area contributed by atoms with Crippen LogP contribution in [0.15, 0.2) is 24.3 Å². The molecule has 1 aromatic heterocycles.